The summed E-state index contributed by atoms with van der Waals surface area (Å²) in [6.45, 7) is 2.63. The zero-order valence-corrected chi connectivity index (χ0v) is 16.1. The largest absolute Gasteiger partial charge is 0.469 e. The average Bonchev–Trinajstić information content (AvgIpc) is 3.09. The van der Waals surface area contributed by atoms with Gasteiger partial charge in [0, 0.05) is 26.4 Å². The van der Waals surface area contributed by atoms with Gasteiger partial charge in [0.2, 0.25) is 5.13 Å². The number of benzene rings is 1. The number of anilines is 1. The average molecular weight is 376 g/mol. The van der Waals surface area contributed by atoms with Crippen molar-refractivity contribution >= 4 is 28.5 Å². The van der Waals surface area contributed by atoms with E-state index in [4.69, 9.17) is 0 Å². The summed E-state index contributed by atoms with van der Waals surface area (Å²) in [4.78, 5) is 25.0. The Kier molecular flexibility index (Phi) is 7.53. The molecule has 140 valence electrons. The first-order chi connectivity index (χ1) is 12.5. The van der Waals surface area contributed by atoms with Gasteiger partial charge in [0.15, 0.2) is 0 Å². The Balaban J connectivity index is 1.81. The molecule has 26 heavy (non-hydrogen) atoms. The van der Waals surface area contributed by atoms with E-state index in [-0.39, 0.29) is 12.0 Å². The minimum absolute atomic E-state index is 0.234. The number of hydrogen-bond donors (Lipinski definition) is 1. The fraction of sp³-hybridized carbons (Fsp3) is 0.444. The lowest BCUT2D eigenvalue weighted by atomic mass is 10.1. The lowest BCUT2D eigenvalue weighted by molar-refractivity contribution is -0.140. The van der Waals surface area contributed by atoms with E-state index < -0.39 is 0 Å². The van der Waals surface area contributed by atoms with Gasteiger partial charge in [-0.1, -0.05) is 42.5 Å². The standard InChI is InChI=1S/C18H24N4O3S/c1-4-13-8-10-14(11-9-13)12-22(2)18(24)19-17-21-20-15(26-17)6-5-7-16(23)25-3/h8-11H,4-7,12H2,1-3H3,(H,19,21,24). The highest BCUT2D eigenvalue weighted by Crippen LogP contribution is 2.18. The number of esters is 1. The van der Waals surface area contributed by atoms with E-state index in [1.807, 2.05) is 12.1 Å². The molecule has 7 nitrogen and oxygen atoms in total. The number of amides is 2. The highest BCUT2D eigenvalue weighted by atomic mass is 32.1. The van der Waals surface area contributed by atoms with Crippen LogP contribution in [-0.2, 0) is 28.9 Å². The predicted octanol–water partition coefficient (Wildman–Crippen LogP) is 3.26. The van der Waals surface area contributed by atoms with Gasteiger partial charge in [-0.05, 0) is 24.0 Å². The van der Waals surface area contributed by atoms with E-state index in [9.17, 15) is 9.59 Å². The Morgan fingerprint density at radius 1 is 1.19 bits per heavy atom. The first kappa shape index (κ1) is 19.8. The number of rotatable bonds is 8. The second kappa shape index (κ2) is 9.86. The number of carbonyl (C=O) groups excluding carboxylic acids is 2. The number of carbonyl (C=O) groups is 2. The molecule has 8 heteroatoms. The molecular weight excluding hydrogens is 352 g/mol. The van der Waals surface area contributed by atoms with E-state index in [0.717, 1.165) is 17.0 Å². The van der Waals surface area contributed by atoms with Gasteiger partial charge in [0.05, 0.1) is 7.11 Å². The molecule has 0 aliphatic heterocycles. The van der Waals surface area contributed by atoms with E-state index in [2.05, 4.69) is 39.3 Å². The Bertz CT molecular complexity index is 730. The first-order valence-electron chi connectivity index (χ1n) is 8.51. The Labute approximate surface area is 157 Å². The van der Waals surface area contributed by atoms with Gasteiger partial charge in [-0.2, -0.15) is 0 Å². The number of nitrogens with zero attached hydrogens (tertiary/aromatic N) is 3. The van der Waals surface area contributed by atoms with Crippen molar-refractivity contribution in [1.82, 2.24) is 15.1 Å². The Hall–Kier alpha value is -2.48. The van der Waals surface area contributed by atoms with Crippen LogP contribution in [0.1, 0.15) is 35.9 Å². The van der Waals surface area contributed by atoms with E-state index in [1.165, 1.54) is 24.0 Å². The lowest BCUT2D eigenvalue weighted by Crippen LogP contribution is -2.30. The van der Waals surface area contributed by atoms with Crippen LogP contribution in [0.25, 0.3) is 0 Å². The summed E-state index contributed by atoms with van der Waals surface area (Å²) >= 11 is 1.32. The summed E-state index contributed by atoms with van der Waals surface area (Å²) < 4.78 is 4.60. The molecule has 0 fully saturated rings. The molecule has 0 aliphatic carbocycles. The maximum Gasteiger partial charge on any atom is 0.323 e. The zero-order chi connectivity index (χ0) is 18.9. The molecule has 1 heterocycles. The molecule has 0 atom stereocenters. The monoisotopic (exact) mass is 376 g/mol. The number of aromatic nitrogens is 2. The van der Waals surface area contributed by atoms with Crippen LogP contribution in [-0.4, -0.2) is 41.3 Å². The molecule has 2 amide bonds. The molecule has 1 aromatic carbocycles. The van der Waals surface area contributed by atoms with Crippen LogP contribution in [0, 0.1) is 0 Å². The van der Waals surface area contributed by atoms with Crippen molar-refractivity contribution in [2.24, 2.45) is 0 Å². The maximum absolute atomic E-state index is 12.3. The number of hydrogen-bond acceptors (Lipinski definition) is 6. The van der Waals surface area contributed by atoms with Gasteiger partial charge >= 0.3 is 12.0 Å². The number of aryl methyl sites for hydroxylation is 2. The molecule has 0 aliphatic rings. The zero-order valence-electron chi connectivity index (χ0n) is 15.3. The van der Waals surface area contributed by atoms with E-state index in [1.54, 1.807) is 11.9 Å². The summed E-state index contributed by atoms with van der Waals surface area (Å²) in [5, 5.41) is 12.0. The molecule has 2 rings (SSSR count). The first-order valence-corrected chi connectivity index (χ1v) is 9.32. The van der Waals surface area contributed by atoms with Crippen molar-refractivity contribution in [2.45, 2.75) is 39.2 Å². The highest BCUT2D eigenvalue weighted by Gasteiger charge is 2.13. The van der Waals surface area contributed by atoms with Gasteiger partial charge < -0.3 is 9.64 Å². The molecular formula is C18H24N4O3S. The highest BCUT2D eigenvalue weighted by molar-refractivity contribution is 7.15. The summed E-state index contributed by atoms with van der Waals surface area (Å²) in [6.07, 6.45) is 2.61. The molecule has 0 bridgehead atoms. The van der Waals surface area contributed by atoms with Gasteiger partial charge in [-0.25, -0.2) is 4.79 Å². The molecule has 0 saturated heterocycles. The Morgan fingerprint density at radius 3 is 2.54 bits per heavy atom. The van der Waals surface area contributed by atoms with Crippen LogP contribution in [0.3, 0.4) is 0 Å². The van der Waals surface area contributed by atoms with Gasteiger partial charge in [0.1, 0.15) is 5.01 Å². The quantitative estimate of drug-likeness (QED) is 0.715. The maximum atomic E-state index is 12.3. The number of ether oxygens (including phenoxy) is 1. The fourth-order valence-corrected chi connectivity index (χ4v) is 3.08. The molecule has 1 N–H and O–H groups in total. The van der Waals surface area contributed by atoms with Crippen LogP contribution in [0.4, 0.5) is 9.93 Å². The summed E-state index contributed by atoms with van der Waals surface area (Å²) in [5.74, 6) is -0.239. The smallest absolute Gasteiger partial charge is 0.323 e. The molecule has 0 spiro atoms. The summed E-state index contributed by atoms with van der Waals surface area (Å²) in [5.41, 5.74) is 2.34. The van der Waals surface area contributed by atoms with Gasteiger partial charge in [-0.15, -0.1) is 10.2 Å². The second-order valence-electron chi connectivity index (χ2n) is 5.89. The number of urea groups is 1. The van der Waals surface area contributed by atoms with Crippen molar-refractivity contribution in [3.05, 3.63) is 40.4 Å². The topological polar surface area (TPSA) is 84.4 Å². The minimum Gasteiger partial charge on any atom is -0.469 e. The third-order valence-electron chi connectivity index (χ3n) is 3.88. The molecule has 0 unspecified atom stereocenters. The van der Waals surface area contributed by atoms with Crippen LogP contribution >= 0.6 is 11.3 Å². The SMILES string of the molecule is CCc1ccc(CN(C)C(=O)Nc2nnc(CCCC(=O)OC)s2)cc1. The number of methoxy groups -OCH3 is 1. The molecule has 0 saturated carbocycles. The van der Waals surface area contributed by atoms with Crippen LogP contribution in [0.15, 0.2) is 24.3 Å². The Morgan fingerprint density at radius 2 is 1.88 bits per heavy atom. The van der Waals surface area contributed by atoms with Crippen molar-refractivity contribution in [3.8, 4) is 0 Å². The minimum atomic E-state index is -0.239. The third kappa shape index (κ3) is 6.11. The van der Waals surface area contributed by atoms with Crippen LogP contribution in [0.5, 0.6) is 0 Å². The second-order valence-corrected chi connectivity index (χ2v) is 6.95. The summed E-state index contributed by atoms with van der Waals surface area (Å²) in [7, 11) is 3.11. The van der Waals surface area contributed by atoms with Crippen molar-refractivity contribution < 1.29 is 14.3 Å². The van der Waals surface area contributed by atoms with Gasteiger partial charge in [-0.3, -0.25) is 10.1 Å². The summed E-state index contributed by atoms with van der Waals surface area (Å²) in [6, 6.07) is 7.99. The lowest BCUT2D eigenvalue weighted by Gasteiger charge is -2.17. The van der Waals surface area contributed by atoms with Crippen molar-refractivity contribution in [3.63, 3.8) is 0 Å². The molecule has 2 aromatic rings. The van der Waals surface area contributed by atoms with Crippen molar-refractivity contribution in [1.29, 1.82) is 0 Å². The van der Waals surface area contributed by atoms with E-state index >= 15 is 0 Å². The predicted molar refractivity (Wildman–Crippen MR) is 101 cm³/mol. The fourth-order valence-electron chi connectivity index (χ4n) is 2.30. The van der Waals surface area contributed by atoms with E-state index in [0.29, 0.717) is 30.9 Å². The third-order valence-corrected chi connectivity index (χ3v) is 4.78. The van der Waals surface area contributed by atoms with Crippen LogP contribution < -0.4 is 5.32 Å². The normalized spacial score (nSPS) is 10.4. The van der Waals surface area contributed by atoms with Gasteiger partial charge in [0.25, 0.3) is 0 Å². The van der Waals surface area contributed by atoms with Crippen molar-refractivity contribution in [2.75, 3.05) is 19.5 Å². The number of nitrogens with one attached hydrogen (secondary N) is 1. The van der Waals surface area contributed by atoms with Crippen LogP contribution in [0.2, 0.25) is 0 Å². The molecule has 0 radical (unpaired) electrons. The molecule has 1 aromatic heterocycles.